The fourth-order valence-electron chi connectivity index (χ4n) is 9.77. The number of hydrogen-bond donors (Lipinski definition) is 1. The molecule has 1 N–H and O–H groups in total. The topological polar surface area (TPSA) is 108 Å². The van der Waals surface area contributed by atoms with Crippen molar-refractivity contribution in [2.24, 2.45) is 0 Å². The summed E-state index contributed by atoms with van der Waals surface area (Å²) in [6, 6.07) is 0. The van der Waals surface area contributed by atoms with Crippen LogP contribution in [-0.2, 0) is 33.3 Å². The number of rotatable bonds is 65. The van der Waals surface area contributed by atoms with E-state index < -0.39 is 24.3 Å². The summed E-state index contributed by atoms with van der Waals surface area (Å²) in [7, 11) is 5.97. The molecule has 498 valence electrons. The number of carboxylic acids is 1. The van der Waals surface area contributed by atoms with E-state index in [4.69, 9.17) is 18.9 Å². The fraction of sp³-hybridized carbons (Fsp3) is 0.705. The maximum Gasteiger partial charge on any atom is 0.361 e. The predicted molar refractivity (Wildman–Crippen MR) is 373 cm³/mol. The second kappa shape index (κ2) is 67.6. The number of likely N-dealkylation sites (N-methyl/N-ethyl adjacent to an activating group) is 1. The normalized spacial score (nSPS) is 13.4. The van der Waals surface area contributed by atoms with E-state index in [-0.39, 0.29) is 32.2 Å². The van der Waals surface area contributed by atoms with Crippen molar-refractivity contribution in [3.05, 3.63) is 122 Å². The van der Waals surface area contributed by atoms with E-state index in [9.17, 15) is 19.5 Å². The number of allylic oxidation sites excluding steroid dienone is 20. The standard InChI is InChI=1S/C78H133NO8/c1-6-8-10-12-14-16-18-20-22-24-26-28-30-31-32-33-34-35-36-37-38-39-40-41-42-43-44-45-47-49-51-53-55-57-59-61-63-65-67-69-76(81)87-74(73-86-78(77(82)83)84-71-70-79(3,4)5)72-85-75(80)68-66-64-62-60-58-56-54-52-50-48-46-29-27-25-23-21-19-17-15-13-11-9-7-2/h8,10,14,16,19-22,25-28,31-32,34-35,37-38,46,48,74,78H,6-7,9,11-13,15,17-18,23-24,29-30,33,36,39-45,47,49-73H2,1-5H3/p+1/b10-8-,16-14-,21-19-,22-20-,27-25-,28-26-,32-31-,35-34-,38-37-,48-46-. The number of aliphatic carboxylic acids is 1. The number of carbonyl (C=O) groups excluding carboxylic acids is 2. The Morgan fingerprint density at radius 1 is 0.356 bits per heavy atom. The summed E-state index contributed by atoms with van der Waals surface area (Å²) in [6.45, 7) is 4.76. The van der Waals surface area contributed by atoms with Gasteiger partial charge in [-0.05, 0) is 109 Å². The molecule has 0 fully saturated rings. The van der Waals surface area contributed by atoms with Gasteiger partial charge >= 0.3 is 17.9 Å². The molecule has 2 atom stereocenters. The Hall–Kier alpha value is -4.31. The Morgan fingerprint density at radius 3 is 0.977 bits per heavy atom. The quantitative estimate of drug-likeness (QED) is 0.0211. The van der Waals surface area contributed by atoms with Crippen molar-refractivity contribution in [1.82, 2.24) is 0 Å². The monoisotopic (exact) mass is 1210 g/mol. The van der Waals surface area contributed by atoms with Crippen molar-refractivity contribution in [3.8, 4) is 0 Å². The van der Waals surface area contributed by atoms with Crippen molar-refractivity contribution in [2.75, 3.05) is 47.5 Å². The molecule has 0 aliphatic carbocycles. The summed E-state index contributed by atoms with van der Waals surface area (Å²) in [5.74, 6) is -2.01. The van der Waals surface area contributed by atoms with Crippen LogP contribution in [0.15, 0.2) is 122 Å². The average molecular weight is 1210 g/mol. The molecule has 0 spiro atoms. The molecular weight excluding hydrogens is 1080 g/mol. The highest BCUT2D eigenvalue weighted by molar-refractivity contribution is 5.71. The van der Waals surface area contributed by atoms with Crippen LogP contribution in [0.25, 0.3) is 0 Å². The number of quaternary nitrogens is 1. The number of carbonyl (C=O) groups is 3. The average Bonchev–Trinajstić information content (AvgIpc) is 3.55. The van der Waals surface area contributed by atoms with Crippen molar-refractivity contribution >= 4 is 17.9 Å². The van der Waals surface area contributed by atoms with Gasteiger partial charge in [0.1, 0.15) is 13.2 Å². The zero-order valence-electron chi connectivity index (χ0n) is 56.9. The summed E-state index contributed by atoms with van der Waals surface area (Å²) in [4.78, 5) is 37.6. The largest absolute Gasteiger partial charge is 0.477 e. The van der Waals surface area contributed by atoms with Gasteiger partial charge in [-0.15, -0.1) is 0 Å². The van der Waals surface area contributed by atoms with E-state index in [0.29, 0.717) is 17.4 Å². The Morgan fingerprint density at radius 2 is 0.655 bits per heavy atom. The van der Waals surface area contributed by atoms with Gasteiger partial charge in [0.25, 0.3) is 6.29 Å². The van der Waals surface area contributed by atoms with Crippen molar-refractivity contribution in [1.29, 1.82) is 0 Å². The van der Waals surface area contributed by atoms with Gasteiger partial charge < -0.3 is 28.5 Å². The summed E-state index contributed by atoms with van der Waals surface area (Å²) in [5, 5.41) is 9.75. The van der Waals surface area contributed by atoms with Crippen LogP contribution in [0, 0.1) is 0 Å². The lowest BCUT2D eigenvalue weighted by atomic mass is 10.0. The number of ether oxygens (including phenoxy) is 4. The zero-order chi connectivity index (χ0) is 63.3. The van der Waals surface area contributed by atoms with E-state index in [1.807, 2.05) is 21.1 Å². The van der Waals surface area contributed by atoms with Gasteiger partial charge in [0.2, 0.25) is 0 Å². The Bertz CT molecular complexity index is 1840. The lowest BCUT2D eigenvalue weighted by Crippen LogP contribution is -2.40. The van der Waals surface area contributed by atoms with Crippen molar-refractivity contribution in [2.45, 2.75) is 309 Å². The number of esters is 2. The third-order valence-corrected chi connectivity index (χ3v) is 15.2. The molecule has 2 unspecified atom stereocenters. The van der Waals surface area contributed by atoms with Crippen LogP contribution >= 0.6 is 0 Å². The molecular formula is C78H134NO8+. The molecule has 0 aromatic heterocycles. The van der Waals surface area contributed by atoms with Crippen LogP contribution < -0.4 is 0 Å². The van der Waals surface area contributed by atoms with E-state index in [0.717, 1.165) is 109 Å². The van der Waals surface area contributed by atoms with Crippen LogP contribution in [0.4, 0.5) is 0 Å². The van der Waals surface area contributed by atoms with Gasteiger partial charge in [-0.25, -0.2) is 4.79 Å². The minimum atomic E-state index is -1.52. The van der Waals surface area contributed by atoms with E-state index in [2.05, 4.69) is 135 Å². The van der Waals surface area contributed by atoms with Crippen LogP contribution in [0.1, 0.15) is 296 Å². The SMILES string of the molecule is CC/C=C\C/C=C\C/C=C\C/C=C\C/C=C\C/C=C\C/C=C\CCCCCCCCCCCCCCCCCCCC(=O)OC(COC(=O)CCCCCCCCCC/C=C\C/C=C\C/C=C\CCCCCCC)COC(OCC[N+](C)(C)C)C(=O)O. The smallest absolute Gasteiger partial charge is 0.361 e. The number of hydrogen-bond acceptors (Lipinski definition) is 7. The molecule has 0 aromatic rings. The molecule has 87 heavy (non-hydrogen) atoms. The highest BCUT2D eigenvalue weighted by atomic mass is 16.7. The molecule has 0 amide bonds. The van der Waals surface area contributed by atoms with Crippen LogP contribution in [0.5, 0.6) is 0 Å². The van der Waals surface area contributed by atoms with Crippen LogP contribution in [-0.4, -0.2) is 87.4 Å². The van der Waals surface area contributed by atoms with Crippen LogP contribution in [0.2, 0.25) is 0 Å². The minimum Gasteiger partial charge on any atom is -0.477 e. The van der Waals surface area contributed by atoms with E-state index >= 15 is 0 Å². The number of unbranched alkanes of at least 4 members (excludes halogenated alkanes) is 30. The lowest BCUT2D eigenvalue weighted by molar-refractivity contribution is -0.870. The molecule has 0 heterocycles. The van der Waals surface area contributed by atoms with Crippen molar-refractivity contribution in [3.63, 3.8) is 0 Å². The van der Waals surface area contributed by atoms with Crippen LogP contribution in [0.3, 0.4) is 0 Å². The molecule has 9 nitrogen and oxygen atoms in total. The third kappa shape index (κ3) is 69.0. The molecule has 0 aliphatic heterocycles. The maximum atomic E-state index is 13.0. The highest BCUT2D eigenvalue weighted by Gasteiger charge is 2.25. The predicted octanol–water partition coefficient (Wildman–Crippen LogP) is 22.4. The first-order valence-corrected chi connectivity index (χ1v) is 35.7. The first-order chi connectivity index (χ1) is 42.6. The highest BCUT2D eigenvalue weighted by Crippen LogP contribution is 2.17. The van der Waals surface area contributed by atoms with Crippen molar-refractivity contribution < 1.29 is 42.9 Å². The molecule has 0 aromatic carbocycles. The third-order valence-electron chi connectivity index (χ3n) is 15.2. The minimum absolute atomic E-state index is 0.183. The Labute approximate surface area is 536 Å². The second-order valence-electron chi connectivity index (χ2n) is 24.8. The molecule has 0 radical (unpaired) electrons. The molecule has 0 saturated carbocycles. The molecule has 0 bridgehead atoms. The van der Waals surface area contributed by atoms with Gasteiger partial charge in [-0.2, -0.15) is 0 Å². The summed E-state index contributed by atoms with van der Waals surface area (Å²) in [6.07, 6.45) is 93.1. The van der Waals surface area contributed by atoms with Gasteiger partial charge in [0.05, 0.1) is 34.4 Å². The molecule has 0 rings (SSSR count). The maximum absolute atomic E-state index is 13.0. The summed E-state index contributed by atoms with van der Waals surface area (Å²) < 4.78 is 23.0. The number of carboxylic acid groups (broad SMARTS) is 1. The summed E-state index contributed by atoms with van der Waals surface area (Å²) in [5.41, 5.74) is 0. The van der Waals surface area contributed by atoms with Gasteiger partial charge in [0, 0.05) is 12.8 Å². The fourth-order valence-corrected chi connectivity index (χ4v) is 9.77. The second-order valence-corrected chi connectivity index (χ2v) is 24.8. The zero-order valence-corrected chi connectivity index (χ0v) is 56.9. The summed E-state index contributed by atoms with van der Waals surface area (Å²) >= 11 is 0. The molecule has 9 heteroatoms. The van der Waals surface area contributed by atoms with E-state index in [1.165, 1.54) is 161 Å². The van der Waals surface area contributed by atoms with Gasteiger partial charge in [0.15, 0.2) is 6.10 Å². The molecule has 0 aliphatic rings. The first kappa shape index (κ1) is 82.7. The van der Waals surface area contributed by atoms with E-state index in [1.54, 1.807) is 0 Å². The first-order valence-electron chi connectivity index (χ1n) is 35.7. The molecule has 0 saturated heterocycles. The Kier molecular flexibility index (Phi) is 64.3. The van der Waals surface area contributed by atoms with Gasteiger partial charge in [-0.1, -0.05) is 296 Å². The lowest BCUT2D eigenvalue weighted by Gasteiger charge is -2.25. The Balaban J connectivity index is 4.09. The number of nitrogens with zero attached hydrogens (tertiary/aromatic N) is 1. The van der Waals surface area contributed by atoms with Gasteiger partial charge in [-0.3, -0.25) is 9.59 Å².